The van der Waals surface area contributed by atoms with Crippen LogP contribution in [0.2, 0.25) is 0 Å². The lowest BCUT2D eigenvalue weighted by Gasteiger charge is -2.25. The molecule has 0 aliphatic heterocycles. The summed E-state index contributed by atoms with van der Waals surface area (Å²) in [5.74, 6) is 0. The molecule has 0 saturated carbocycles. The number of aryl methyl sites for hydroxylation is 3. The molecule has 8 aromatic rings. The van der Waals surface area contributed by atoms with E-state index in [-0.39, 0.29) is 5.41 Å². The summed E-state index contributed by atoms with van der Waals surface area (Å²) in [6, 6.07) is 49.9. The summed E-state index contributed by atoms with van der Waals surface area (Å²) in [5, 5.41) is 10.4. The van der Waals surface area contributed by atoms with Gasteiger partial charge in [-0.15, -0.1) is 0 Å². The van der Waals surface area contributed by atoms with Gasteiger partial charge in [-0.3, -0.25) is 0 Å². The Bertz CT molecular complexity index is 2510. The van der Waals surface area contributed by atoms with Crippen molar-refractivity contribution in [2.45, 2.75) is 47.0 Å². The van der Waals surface area contributed by atoms with Crippen LogP contribution in [0.15, 0.2) is 133 Å². The monoisotopic (exact) mass is 604 g/mol. The SMILES string of the molecule is Cc1cc(-c2cccc3ccccc23)ccc1-c1c2ccccc2c(-c2c(C)cc3ccccc3c2C)c2ccc(C(C)(C)C)cc12. The molecule has 228 valence electrons. The molecule has 0 heterocycles. The van der Waals surface area contributed by atoms with Gasteiger partial charge in [-0.25, -0.2) is 0 Å². The standard InChI is InChI=1S/C47H40/c1-29-26-34(39-21-13-16-32-14-7-10-18-38(32)39)22-24-36(29)45-40-19-11-12-20-41(40)46(42-25-23-35(28-43(42)45)47(4,5)6)44-30(2)27-33-15-8-9-17-37(33)31(44)3/h7-28H,1-6H3. The van der Waals surface area contributed by atoms with Gasteiger partial charge in [-0.2, -0.15) is 0 Å². The smallest absolute Gasteiger partial charge is 0.00208 e. The van der Waals surface area contributed by atoms with Gasteiger partial charge in [-0.05, 0) is 131 Å². The van der Waals surface area contributed by atoms with Gasteiger partial charge in [0.2, 0.25) is 0 Å². The van der Waals surface area contributed by atoms with Crippen molar-refractivity contribution < 1.29 is 0 Å². The van der Waals surface area contributed by atoms with Crippen LogP contribution in [-0.4, -0.2) is 0 Å². The first kappa shape index (κ1) is 29.2. The zero-order chi connectivity index (χ0) is 32.4. The van der Waals surface area contributed by atoms with E-state index in [0.717, 1.165) is 0 Å². The maximum atomic E-state index is 2.48. The van der Waals surface area contributed by atoms with E-state index >= 15 is 0 Å². The number of rotatable bonds is 3. The summed E-state index contributed by atoms with van der Waals surface area (Å²) in [6.45, 7) is 13.8. The molecular formula is C47H40. The molecule has 0 atom stereocenters. The van der Waals surface area contributed by atoms with Crippen molar-refractivity contribution in [3.05, 3.63) is 156 Å². The molecule has 0 amide bonds. The van der Waals surface area contributed by atoms with Crippen LogP contribution in [-0.2, 0) is 5.41 Å². The van der Waals surface area contributed by atoms with E-state index in [4.69, 9.17) is 0 Å². The van der Waals surface area contributed by atoms with Crippen LogP contribution in [0.4, 0.5) is 0 Å². The third kappa shape index (κ3) is 4.74. The average molecular weight is 605 g/mol. The molecule has 0 saturated heterocycles. The highest BCUT2D eigenvalue weighted by atomic mass is 14.3. The fourth-order valence-electron chi connectivity index (χ4n) is 7.88. The molecule has 47 heavy (non-hydrogen) atoms. The van der Waals surface area contributed by atoms with Gasteiger partial charge >= 0.3 is 0 Å². The van der Waals surface area contributed by atoms with E-state index in [9.17, 15) is 0 Å². The molecule has 0 aliphatic rings. The van der Waals surface area contributed by atoms with Gasteiger partial charge in [0.15, 0.2) is 0 Å². The predicted octanol–water partition coefficient (Wildman–Crippen LogP) is 13.5. The van der Waals surface area contributed by atoms with Crippen LogP contribution < -0.4 is 0 Å². The van der Waals surface area contributed by atoms with Crippen molar-refractivity contribution >= 4 is 43.1 Å². The zero-order valence-corrected chi connectivity index (χ0v) is 28.2. The minimum Gasteiger partial charge on any atom is -0.0616 e. The van der Waals surface area contributed by atoms with E-state index in [0.29, 0.717) is 0 Å². The Labute approximate surface area is 278 Å². The normalized spacial score (nSPS) is 12.0. The van der Waals surface area contributed by atoms with Gasteiger partial charge in [0.05, 0.1) is 0 Å². The average Bonchev–Trinajstić information content (AvgIpc) is 3.07. The molecule has 8 aromatic carbocycles. The lowest BCUT2D eigenvalue weighted by Crippen LogP contribution is -2.10. The summed E-state index contributed by atoms with van der Waals surface area (Å²) in [6.07, 6.45) is 0. The van der Waals surface area contributed by atoms with E-state index in [1.54, 1.807) is 0 Å². The van der Waals surface area contributed by atoms with Crippen LogP contribution in [0.3, 0.4) is 0 Å². The van der Waals surface area contributed by atoms with Crippen LogP contribution in [0, 0.1) is 20.8 Å². The molecule has 0 fully saturated rings. The van der Waals surface area contributed by atoms with Crippen molar-refractivity contribution in [1.29, 1.82) is 0 Å². The molecule has 0 spiro atoms. The second kappa shape index (κ2) is 11.0. The number of fused-ring (bicyclic) bond motifs is 4. The summed E-state index contributed by atoms with van der Waals surface area (Å²) < 4.78 is 0. The largest absolute Gasteiger partial charge is 0.0616 e. The molecule has 0 radical (unpaired) electrons. The Balaban J connectivity index is 1.46. The first-order valence-electron chi connectivity index (χ1n) is 16.8. The molecule has 0 nitrogen and oxygen atoms in total. The summed E-state index contributed by atoms with van der Waals surface area (Å²) in [4.78, 5) is 0. The maximum Gasteiger partial charge on any atom is -0.00208 e. The molecule has 8 rings (SSSR count). The van der Waals surface area contributed by atoms with Crippen LogP contribution >= 0.6 is 0 Å². The minimum atomic E-state index is 0.0271. The quantitative estimate of drug-likeness (QED) is 0.176. The third-order valence-corrected chi connectivity index (χ3v) is 10.2. The Morgan fingerprint density at radius 3 is 1.72 bits per heavy atom. The van der Waals surface area contributed by atoms with Gasteiger partial charge in [-0.1, -0.05) is 148 Å². The molecule has 0 N–H and O–H groups in total. The topological polar surface area (TPSA) is 0 Å². The Kier molecular flexibility index (Phi) is 6.81. The first-order valence-corrected chi connectivity index (χ1v) is 16.8. The van der Waals surface area contributed by atoms with Crippen molar-refractivity contribution in [2.75, 3.05) is 0 Å². The van der Waals surface area contributed by atoms with E-state index in [1.165, 1.54) is 98.7 Å². The Hall–Kier alpha value is -5.20. The molecule has 0 aromatic heterocycles. The fourth-order valence-corrected chi connectivity index (χ4v) is 7.88. The van der Waals surface area contributed by atoms with E-state index in [1.807, 2.05) is 0 Å². The number of hydrogen-bond donors (Lipinski definition) is 0. The van der Waals surface area contributed by atoms with Gasteiger partial charge in [0.1, 0.15) is 0 Å². The minimum absolute atomic E-state index is 0.0271. The zero-order valence-electron chi connectivity index (χ0n) is 28.2. The third-order valence-electron chi connectivity index (χ3n) is 10.2. The van der Waals surface area contributed by atoms with Crippen molar-refractivity contribution in [3.63, 3.8) is 0 Å². The molecule has 0 bridgehead atoms. The van der Waals surface area contributed by atoms with Gasteiger partial charge in [0, 0.05) is 0 Å². The Morgan fingerprint density at radius 1 is 0.383 bits per heavy atom. The second-order valence-corrected chi connectivity index (χ2v) is 14.3. The summed E-state index contributed by atoms with van der Waals surface area (Å²) >= 11 is 0. The molecule has 0 unspecified atom stereocenters. The van der Waals surface area contributed by atoms with Crippen LogP contribution in [0.5, 0.6) is 0 Å². The van der Waals surface area contributed by atoms with Crippen molar-refractivity contribution in [1.82, 2.24) is 0 Å². The van der Waals surface area contributed by atoms with Crippen LogP contribution in [0.1, 0.15) is 43.0 Å². The number of benzene rings is 8. The highest BCUT2D eigenvalue weighted by Crippen LogP contribution is 2.48. The van der Waals surface area contributed by atoms with E-state index in [2.05, 4.69) is 175 Å². The number of hydrogen-bond acceptors (Lipinski definition) is 0. The highest BCUT2D eigenvalue weighted by Gasteiger charge is 2.23. The van der Waals surface area contributed by atoms with Gasteiger partial charge < -0.3 is 0 Å². The summed E-state index contributed by atoms with van der Waals surface area (Å²) in [7, 11) is 0. The lowest BCUT2D eigenvalue weighted by atomic mass is 9.79. The summed E-state index contributed by atoms with van der Waals surface area (Å²) in [5.41, 5.74) is 13.2. The fraction of sp³-hybridized carbons (Fsp3) is 0.149. The lowest BCUT2D eigenvalue weighted by molar-refractivity contribution is 0.591. The van der Waals surface area contributed by atoms with Crippen molar-refractivity contribution in [2.24, 2.45) is 0 Å². The molecule has 0 heteroatoms. The highest BCUT2D eigenvalue weighted by molar-refractivity contribution is 6.23. The first-order chi connectivity index (χ1) is 22.7. The Morgan fingerprint density at radius 2 is 1.00 bits per heavy atom. The molecular weight excluding hydrogens is 565 g/mol. The second-order valence-electron chi connectivity index (χ2n) is 14.3. The van der Waals surface area contributed by atoms with Crippen molar-refractivity contribution in [3.8, 4) is 33.4 Å². The van der Waals surface area contributed by atoms with E-state index < -0.39 is 0 Å². The molecule has 0 aliphatic carbocycles. The predicted molar refractivity (Wildman–Crippen MR) is 206 cm³/mol. The van der Waals surface area contributed by atoms with Gasteiger partial charge in [0.25, 0.3) is 0 Å². The maximum absolute atomic E-state index is 2.48. The van der Waals surface area contributed by atoms with Crippen LogP contribution in [0.25, 0.3) is 76.5 Å².